The first-order chi connectivity index (χ1) is 19.2. The van der Waals surface area contributed by atoms with Gasteiger partial charge >= 0.3 is 12.5 Å². The van der Waals surface area contributed by atoms with E-state index in [-0.39, 0.29) is 41.5 Å². The molecule has 41 heavy (non-hydrogen) atoms. The van der Waals surface area contributed by atoms with E-state index in [4.69, 9.17) is 16.2 Å². The van der Waals surface area contributed by atoms with Crippen LogP contribution in [-0.2, 0) is 11.3 Å². The van der Waals surface area contributed by atoms with Gasteiger partial charge in [-0.2, -0.15) is 10.2 Å². The smallest absolute Gasteiger partial charge is 0.444 e. The minimum absolute atomic E-state index is 0.0718. The average Bonchev–Trinajstić information content (AvgIpc) is 3.41. The lowest BCUT2D eigenvalue weighted by atomic mass is 10.0. The largest absolute Gasteiger partial charge is 0.573 e. The molecular weight excluding hydrogens is 543 g/mol. The number of nitrogens with zero attached hydrogens (tertiary/aromatic N) is 5. The van der Waals surface area contributed by atoms with E-state index in [1.54, 1.807) is 21.8 Å². The van der Waals surface area contributed by atoms with Crippen LogP contribution in [0.4, 0.5) is 23.8 Å². The molecule has 0 aliphatic carbocycles. The molecule has 1 aliphatic rings. The molecule has 4 N–H and O–H groups in total. The van der Waals surface area contributed by atoms with Crippen molar-refractivity contribution in [2.45, 2.75) is 71.0 Å². The highest BCUT2D eigenvalue weighted by molar-refractivity contribution is 6.03. The summed E-state index contributed by atoms with van der Waals surface area (Å²) in [5.74, 6) is -0.930. The molecule has 1 aliphatic heterocycles. The van der Waals surface area contributed by atoms with Crippen molar-refractivity contribution in [2.75, 3.05) is 18.8 Å². The Morgan fingerprint density at radius 3 is 2.41 bits per heavy atom. The van der Waals surface area contributed by atoms with Crippen LogP contribution < -0.4 is 16.2 Å². The van der Waals surface area contributed by atoms with Crippen LogP contribution in [0.5, 0.6) is 5.75 Å². The van der Waals surface area contributed by atoms with E-state index in [9.17, 15) is 22.8 Å². The van der Waals surface area contributed by atoms with Gasteiger partial charge in [0.15, 0.2) is 0 Å². The molecule has 0 unspecified atom stereocenters. The number of amides is 2. The molecule has 14 heteroatoms. The van der Waals surface area contributed by atoms with Gasteiger partial charge in [-0.3, -0.25) is 9.48 Å². The molecule has 1 aromatic carbocycles. The number of carbonyl (C=O) groups excluding carboxylic acids is 2. The molecule has 11 nitrogen and oxygen atoms in total. The van der Waals surface area contributed by atoms with E-state index >= 15 is 0 Å². The number of nitrogen functional groups attached to an aromatic ring is 1. The lowest BCUT2D eigenvalue weighted by molar-refractivity contribution is -0.274. The number of likely N-dealkylation sites (tertiary alicyclic amines) is 1. The van der Waals surface area contributed by atoms with Gasteiger partial charge < -0.3 is 25.8 Å². The molecule has 3 heterocycles. The molecule has 222 valence electrons. The number of carbonyl (C=O) groups is 2. The fourth-order valence-corrected chi connectivity index (χ4v) is 4.82. The Bertz CT molecular complexity index is 1380. The van der Waals surface area contributed by atoms with Crippen molar-refractivity contribution in [3.8, 4) is 17.0 Å². The van der Waals surface area contributed by atoms with Gasteiger partial charge in [0.25, 0.3) is 5.91 Å². The molecule has 0 atom stereocenters. The van der Waals surface area contributed by atoms with Crippen LogP contribution in [0.3, 0.4) is 0 Å². The average molecular weight is 578 g/mol. The van der Waals surface area contributed by atoms with Gasteiger partial charge in [0.2, 0.25) is 0 Å². The third-order valence-electron chi connectivity index (χ3n) is 6.51. The number of halogens is 3. The number of hydrogen-bond acceptors (Lipinski definition) is 7. The molecule has 0 spiro atoms. The zero-order chi connectivity index (χ0) is 29.9. The van der Waals surface area contributed by atoms with Crippen LogP contribution in [0, 0.1) is 0 Å². The van der Waals surface area contributed by atoms with Crippen LogP contribution in [0.15, 0.2) is 36.7 Å². The first-order valence-electron chi connectivity index (χ1n) is 13.2. The molecular formula is C27H34F3N7O4. The minimum atomic E-state index is -4.80. The number of hydrogen-bond donors (Lipinski definition) is 2. The maximum atomic E-state index is 12.6. The topological polar surface area (TPSA) is 144 Å². The highest BCUT2D eigenvalue weighted by atomic mass is 19.4. The number of ether oxygens (including phenoxy) is 2. The lowest BCUT2D eigenvalue weighted by Gasteiger charge is -2.30. The van der Waals surface area contributed by atoms with Gasteiger partial charge in [0, 0.05) is 24.8 Å². The molecule has 0 radical (unpaired) electrons. The Morgan fingerprint density at radius 1 is 1.12 bits per heavy atom. The summed E-state index contributed by atoms with van der Waals surface area (Å²) in [7, 11) is 0. The third kappa shape index (κ3) is 7.70. The number of nitrogens with two attached hydrogens (primary N) is 2. The van der Waals surface area contributed by atoms with E-state index in [0.29, 0.717) is 49.9 Å². The maximum Gasteiger partial charge on any atom is 0.573 e. The van der Waals surface area contributed by atoms with Gasteiger partial charge in [-0.15, -0.1) is 13.2 Å². The van der Waals surface area contributed by atoms with Crippen molar-refractivity contribution in [3.63, 3.8) is 0 Å². The summed E-state index contributed by atoms with van der Waals surface area (Å²) >= 11 is 0. The minimum Gasteiger partial charge on any atom is -0.444 e. The van der Waals surface area contributed by atoms with E-state index < -0.39 is 17.9 Å². The Kier molecular flexibility index (Phi) is 8.50. The second-order valence-corrected chi connectivity index (χ2v) is 10.9. The second-order valence-electron chi connectivity index (χ2n) is 10.9. The number of anilines is 1. The summed E-state index contributed by atoms with van der Waals surface area (Å²) in [5, 5.41) is 8.95. The van der Waals surface area contributed by atoms with Crippen molar-refractivity contribution < 1.29 is 32.2 Å². The van der Waals surface area contributed by atoms with E-state index in [2.05, 4.69) is 14.9 Å². The first-order valence-corrected chi connectivity index (χ1v) is 13.2. The molecule has 2 aromatic heterocycles. The highest BCUT2D eigenvalue weighted by Crippen LogP contribution is 2.33. The second kappa shape index (κ2) is 11.7. The maximum absolute atomic E-state index is 12.6. The summed E-state index contributed by atoms with van der Waals surface area (Å²) < 4.78 is 50.4. The van der Waals surface area contributed by atoms with Crippen LogP contribution in [-0.4, -0.2) is 61.5 Å². The standard InChI is InChI=1S/C27H34F3N7O4/c1-26(2,3)41-25(39)35-11-5-8-19(9-6-12-35)37-23(31)21(24(32)38)22(34-37)18-14-33-36(16-18)15-17-7-4-10-20(13-17)40-27(28,29)30/h4,7,10,13-14,16,19H,5-6,8-9,11-12,15,31H2,1-3H3,(H2,32,38). The van der Waals surface area contributed by atoms with Crippen molar-refractivity contribution >= 4 is 17.8 Å². The highest BCUT2D eigenvalue weighted by Gasteiger charge is 2.31. The molecule has 3 aromatic rings. The third-order valence-corrected chi connectivity index (χ3v) is 6.51. The lowest BCUT2D eigenvalue weighted by Crippen LogP contribution is -2.39. The monoisotopic (exact) mass is 577 g/mol. The van der Waals surface area contributed by atoms with Gasteiger partial charge in [-0.25, -0.2) is 9.48 Å². The number of aromatic nitrogens is 4. The number of rotatable bonds is 6. The van der Waals surface area contributed by atoms with E-state index in [0.717, 1.165) is 0 Å². The summed E-state index contributed by atoms with van der Waals surface area (Å²) in [6.07, 6.45) is 0.660. The predicted molar refractivity (Wildman–Crippen MR) is 144 cm³/mol. The number of benzene rings is 1. The summed E-state index contributed by atoms with van der Waals surface area (Å²) in [4.78, 5) is 26.6. The molecule has 0 saturated carbocycles. The van der Waals surface area contributed by atoms with Crippen molar-refractivity contribution in [1.29, 1.82) is 0 Å². The van der Waals surface area contributed by atoms with Crippen LogP contribution in [0.25, 0.3) is 11.3 Å². The van der Waals surface area contributed by atoms with Gasteiger partial charge in [0.1, 0.15) is 28.4 Å². The Labute approximate surface area is 235 Å². The van der Waals surface area contributed by atoms with Crippen molar-refractivity contribution in [2.24, 2.45) is 5.73 Å². The first kappa shape index (κ1) is 29.7. The van der Waals surface area contributed by atoms with E-state index in [1.165, 1.54) is 29.1 Å². The quantitative estimate of drug-likeness (QED) is 0.431. The molecule has 0 bridgehead atoms. The van der Waals surface area contributed by atoms with Crippen molar-refractivity contribution in [1.82, 2.24) is 24.5 Å². The van der Waals surface area contributed by atoms with Crippen LogP contribution >= 0.6 is 0 Å². The Hall–Kier alpha value is -4.23. The van der Waals surface area contributed by atoms with Crippen LogP contribution in [0.1, 0.15) is 68.4 Å². The van der Waals surface area contributed by atoms with Crippen molar-refractivity contribution in [3.05, 3.63) is 47.8 Å². The summed E-state index contributed by atoms with van der Waals surface area (Å²) in [5.41, 5.74) is 12.8. The predicted octanol–water partition coefficient (Wildman–Crippen LogP) is 4.73. The van der Waals surface area contributed by atoms with Crippen LogP contribution in [0.2, 0.25) is 0 Å². The molecule has 1 saturated heterocycles. The molecule has 1 fully saturated rings. The Morgan fingerprint density at radius 2 is 1.80 bits per heavy atom. The van der Waals surface area contributed by atoms with Gasteiger partial charge in [-0.05, 0) is 64.2 Å². The normalized spacial score (nSPS) is 15.3. The summed E-state index contributed by atoms with van der Waals surface area (Å²) in [6, 6.07) is 5.47. The zero-order valence-electron chi connectivity index (χ0n) is 23.1. The van der Waals surface area contributed by atoms with Gasteiger partial charge in [0.05, 0.1) is 18.8 Å². The Balaban J connectivity index is 1.50. The SMILES string of the molecule is CC(C)(C)OC(=O)N1CCCC(n2nc(-c3cnn(Cc4cccc(OC(F)(F)F)c4)c3)c(C(N)=O)c2N)CCC1. The molecule has 4 rings (SSSR count). The zero-order valence-corrected chi connectivity index (χ0v) is 23.1. The van der Waals surface area contributed by atoms with Gasteiger partial charge in [-0.1, -0.05) is 12.1 Å². The fraction of sp³-hybridized carbons (Fsp3) is 0.481. The number of alkyl halides is 3. The fourth-order valence-electron chi connectivity index (χ4n) is 4.82. The number of primary amides is 1. The molecule has 2 amide bonds. The summed E-state index contributed by atoms with van der Waals surface area (Å²) in [6.45, 7) is 6.67. The van der Waals surface area contributed by atoms with E-state index in [1.807, 2.05) is 20.8 Å².